The average molecular weight is 613 g/mol. The molecular weight excluding hydrogens is 585 g/mol. The van der Waals surface area contributed by atoms with Gasteiger partial charge >= 0.3 is 6.15 Å². The number of hydrogen-bond donors (Lipinski definition) is 1. The van der Waals surface area contributed by atoms with Gasteiger partial charge in [-0.15, -0.1) is 0 Å². The lowest BCUT2D eigenvalue weighted by Gasteiger charge is -2.45. The lowest BCUT2D eigenvalue weighted by molar-refractivity contribution is -0.191. The Kier molecular flexibility index (Phi) is 8.60. The van der Waals surface area contributed by atoms with Crippen LogP contribution in [0.3, 0.4) is 0 Å². The van der Waals surface area contributed by atoms with Crippen molar-refractivity contribution >= 4 is 41.0 Å². The zero-order valence-corrected chi connectivity index (χ0v) is 24.8. The zero-order valence-electron chi connectivity index (χ0n) is 22.5. The molecule has 9 heteroatoms. The molecule has 6 rings (SSSR count). The molecule has 2 saturated carbocycles. The summed E-state index contributed by atoms with van der Waals surface area (Å²) in [7, 11) is 0. The van der Waals surface area contributed by atoms with Gasteiger partial charge in [-0.25, -0.2) is 0 Å². The molecule has 0 aliphatic heterocycles. The number of ether oxygens (including phenoxy) is 1. The fraction of sp³-hybridized carbons (Fsp3) is 0.312. The lowest BCUT2D eigenvalue weighted by atomic mass is 9.64. The van der Waals surface area contributed by atoms with Crippen molar-refractivity contribution in [2.75, 3.05) is 0 Å². The van der Waals surface area contributed by atoms with E-state index in [-0.39, 0.29) is 12.8 Å². The van der Waals surface area contributed by atoms with Gasteiger partial charge in [0.05, 0.1) is 26.2 Å². The maximum absolute atomic E-state index is 11.4. The van der Waals surface area contributed by atoms with Gasteiger partial charge in [-0.05, 0) is 75.3 Å². The predicted molar refractivity (Wildman–Crippen MR) is 157 cm³/mol. The van der Waals surface area contributed by atoms with Gasteiger partial charge in [-0.1, -0.05) is 81.4 Å². The Morgan fingerprint density at radius 2 is 1.59 bits per heavy atom. The van der Waals surface area contributed by atoms with Crippen molar-refractivity contribution in [1.29, 1.82) is 0 Å². The summed E-state index contributed by atoms with van der Waals surface area (Å²) in [4.78, 5) is 16.2. The van der Waals surface area contributed by atoms with E-state index < -0.39 is 5.60 Å². The van der Waals surface area contributed by atoms with Gasteiger partial charge in [-0.2, -0.15) is 9.59 Å². The highest BCUT2D eigenvalue weighted by atomic mass is 35.5. The molecule has 0 amide bonds. The lowest BCUT2D eigenvalue weighted by Crippen LogP contribution is -2.40. The molecule has 0 spiro atoms. The molecule has 0 radical (unpaired) electrons. The molecule has 2 fully saturated rings. The van der Waals surface area contributed by atoms with E-state index in [2.05, 4.69) is 37.2 Å². The molecule has 1 aromatic heterocycles. The molecule has 4 aromatic rings. The molecule has 0 bridgehead atoms. The third-order valence-electron chi connectivity index (χ3n) is 7.67. The smallest absolute Gasteiger partial charge is 0.373 e. The van der Waals surface area contributed by atoms with E-state index in [4.69, 9.17) is 53.7 Å². The molecule has 0 saturated heterocycles. The summed E-state index contributed by atoms with van der Waals surface area (Å²) in [6.45, 7) is 4.45. The van der Waals surface area contributed by atoms with E-state index in [1.807, 2.05) is 12.1 Å². The predicted octanol–water partition coefficient (Wildman–Crippen LogP) is 8.56. The van der Waals surface area contributed by atoms with Gasteiger partial charge in [0.25, 0.3) is 0 Å². The van der Waals surface area contributed by atoms with Gasteiger partial charge in [0, 0.05) is 17.0 Å². The average Bonchev–Trinajstić information content (AvgIpc) is 3.65. The molecule has 41 heavy (non-hydrogen) atoms. The van der Waals surface area contributed by atoms with Crippen molar-refractivity contribution in [3.8, 4) is 17.0 Å². The van der Waals surface area contributed by atoms with E-state index in [0.29, 0.717) is 56.8 Å². The Morgan fingerprint density at radius 3 is 2.17 bits per heavy atom. The number of halogens is 3. The summed E-state index contributed by atoms with van der Waals surface area (Å²) in [5.41, 5.74) is 5.64. The van der Waals surface area contributed by atoms with Crippen LogP contribution in [0.5, 0.6) is 5.75 Å². The SMILES string of the molecule is Cc1cc(C)cc(C2CC(O)(c3ccc(OCc4c(-c5c(Cl)cccc5Cl)noc4C4CC4)cc3Cl)C2)c1.O=C=O. The van der Waals surface area contributed by atoms with Crippen molar-refractivity contribution in [2.45, 2.75) is 63.6 Å². The van der Waals surface area contributed by atoms with E-state index in [0.717, 1.165) is 29.7 Å². The third kappa shape index (κ3) is 6.23. The molecular formula is C32H28Cl3NO5. The first-order valence-corrected chi connectivity index (χ1v) is 14.4. The van der Waals surface area contributed by atoms with Crippen LogP contribution in [0.25, 0.3) is 11.3 Å². The molecule has 0 atom stereocenters. The summed E-state index contributed by atoms with van der Waals surface area (Å²) in [6, 6.07) is 17.5. The van der Waals surface area contributed by atoms with Crippen LogP contribution >= 0.6 is 34.8 Å². The number of aryl methyl sites for hydroxylation is 2. The molecule has 0 unspecified atom stereocenters. The summed E-state index contributed by atoms with van der Waals surface area (Å²) in [6.07, 6.45) is 3.65. The first-order valence-electron chi connectivity index (χ1n) is 13.3. The summed E-state index contributed by atoms with van der Waals surface area (Å²) >= 11 is 19.6. The van der Waals surface area contributed by atoms with E-state index >= 15 is 0 Å². The Bertz CT molecular complexity index is 1580. The van der Waals surface area contributed by atoms with Crippen LogP contribution in [-0.4, -0.2) is 16.4 Å². The number of carbonyl (C=O) groups excluding carboxylic acids is 2. The highest BCUT2D eigenvalue weighted by Crippen LogP contribution is 2.53. The second-order valence-corrected chi connectivity index (χ2v) is 12.0. The van der Waals surface area contributed by atoms with Crippen molar-refractivity contribution in [2.24, 2.45) is 0 Å². The topological polar surface area (TPSA) is 89.6 Å². The number of aromatic nitrogens is 1. The second kappa shape index (κ2) is 12.0. The maximum Gasteiger partial charge on any atom is 0.373 e. The van der Waals surface area contributed by atoms with Gasteiger partial charge in [0.1, 0.15) is 23.8 Å². The van der Waals surface area contributed by atoms with Crippen LogP contribution in [0, 0.1) is 13.8 Å². The molecule has 1 heterocycles. The van der Waals surface area contributed by atoms with Crippen molar-refractivity contribution in [1.82, 2.24) is 5.16 Å². The molecule has 2 aliphatic rings. The van der Waals surface area contributed by atoms with Crippen LogP contribution in [-0.2, 0) is 21.8 Å². The number of rotatable bonds is 7. The molecule has 1 N–H and O–H groups in total. The van der Waals surface area contributed by atoms with Crippen LogP contribution in [0.4, 0.5) is 0 Å². The summed E-state index contributed by atoms with van der Waals surface area (Å²) < 4.78 is 11.9. The third-order valence-corrected chi connectivity index (χ3v) is 8.62. The van der Waals surface area contributed by atoms with Gasteiger partial charge in [-0.3, -0.25) is 0 Å². The highest BCUT2D eigenvalue weighted by molar-refractivity contribution is 6.39. The molecule has 3 aromatic carbocycles. The minimum Gasteiger partial charge on any atom is -0.489 e. The fourth-order valence-electron chi connectivity index (χ4n) is 5.62. The number of benzene rings is 3. The largest absolute Gasteiger partial charge is 0.489 e. The Labute approximate surface area is 253 Å². The van der Waals surface area contributed by atoms with Crippen molar-refractivity contribution < 1.29 is 24.0 Å². The highest BCUT2D eigenvalue weighted by Gasteiger charge is 2.45. The number of nitrogens with zero attached hydrogens (tertiary/aromatic N) is 1. The van der Waals surface area contributed by atoms with E-state index in [9.17, 15) is 5.11 Å². The summed E-state index contributed by atoms with van der Waals surface area (Å²) in [5.74, 6) is 2.07. The summed E-state index contributed by atoms with van der Waals surface area (Å²) in [5, 5.41) is 17.2. The normalized spacial score (nSPS) is 19.5. The Balaban J connectivity index is 0.00000108. The Hall–Kier alpha value is -3.12. The van der Waals surface area contributed by atoms with E-state index in [1.165, 1.54) is 16.7 Å². The monoisotopic (exact) mass is 611 g/mol. The standard InChI is InChI=1S/C31H28Cl3NO3.CO2/c1-17-10-18(2)12-20(11-17)21-14-31(36,15-21)24-9-8-22(13-27(24)34)37-16-23-29(35-38-30(23)19-6-7-19)28-25(32)4-3-5-26(28)33;2-1-3/h3-5,8-13,19,21,36H,6-7,14-16H2,1-2H3;. The first kappa shape index (κ1) is 29.4. The van der Waals surface area contributed by atoms with E-state index in [1.54, 1.807) is 24.3 Å². The Morgan fingerprint density at radius 1 is 0.951 bits per heavy atom. The van der Waals surface area contributed by atoms with Crippen LogP contribution < -0.4 is 4.74 Å². The maximum atomic E-state index is 11.4. The van der Waals surface area contributed by atoms with Gasteiger partial charge in [0.15, 0.2) is 0 Å². The minimum absolute atomic E-state index is 0.237. The minimum atomic E-state index is -0.945. The van der Waals surface area contributed by atoms with Crippen molar-refractivity contribution in [3.05, 3.63) is 103 Å². The van der Waals surface area contributed by atoms with Crippen LogP contribution in [0.1, 0.15) is 71.1 Å². The van der Waals surface area contributed by atoms with Gasteiger partial charge in [0.2, 0.25) is 0 Å². The fourth-order valence-corrected chi connectivity index (χ4v) is 6.55. The quantitative estimate of drug-likeness (QED) is 0.225. The van der Waals surface area contributed by atoms with Crippen molar-refractivity contribution in [3.63, 3.8) is 0 Å². The van der Waals surface area contributed by atoms with Crippen LogP contribution in [0.2, 0.25) is 15.1 Å². The second-order valence-electron chi connectivity index (χ2n) is 10.8. The number of hydrogen-bond acceptors (Lipinski definition) is 6. The molecule has 2 aliphatic carbocycles. The zero-order chi connectivity index (χ0) is 29.3. The molecule has 6 nitrogen and oxygen atoms in total. The molecule has 212 valence electrons. The van der Waals surface area contributed by atoms with Crippen LogP contribution in [0.15, 0.2) is 59.1 Å². The number of aliphatic hydroxyl groups is 1. The van der Waals surface area contributed by atoms with Gasteiger partial charge < -0.3 is 14.4 Å². The first-order chi connectivity index (χ1) is 19.6.